The quantitative estimate of drug-likeness (QED) is 0.557. The highest BCUT2D eigenvalue weighted by molar-refractivity contribution is 5.73. The highest BCUT2D eigenvalue weighted by Crippen LogP contribution is 2.45. The lowest BCUT2D eigenvalue weighted by Gasteiger charge is -2.19. The maximum Gasteiger partial charge on any atom is 0.219 e. The highest BCUT2D eigenvalue weighted by atomic mass is 16.2. The van der Waals surface area contributed by atoms with Crippen LogP contribution in [-0.4, -0.2) is 23.9 Å². The van der Waals surface area contributed by atoms with E-state index < -0.39 is 0 Å². The van der Waals surface area contributed by atoms with Gasteiger partial charge >= 0.3 is 0 Å². The lowest BCUT2D eigenvalue weighted by molar-refractivity contribution is -0.128. The van der Waals surface area contributed by atoms with Crippen molar-refractivity contribution in [2.45, 2.75) is 27.2 Å². The van der Waals surface area contributed by atoms with Crippen LogP contribution in [0.25, 0.3) is 0 Å². The highest BCUT2D eigenvalue weighted by Gasteiger charge is 2.44. The molecule has 0 bridgehead atoms. The summed E-state index contributed by atoms with van der Waals surface area (Å²) in [5.74, 6) is 3.53. The summed E-state index contributed by atoms with van der Waals surface area (Å²) in [6.07, 6.45) is 1.33. The van der Waals surface area contributed by atoms with Gasteiger partial charge in [0.05, 0.1) is 0 Å². The lowest BCUT2D eigenvalue weighted by Crippen LogP contribution is -2.28. The van der Waals surface area contributed by atoms with Crippen molar-refractivity contribution in [2.24, 2.45) is 23.7 Å². The second-order valence-corrected chi connectivity index (χ2v) is 4.92. The second-order valence-electron chi connectivity index (χ2n) is 4.92. The van der Waals surface area contributed by atoms with E-state index in [0.717, 1.165) is 36.8 Å². The fourth-order valence-electron chi connectivity index (χ4n) is 3.11. The van der Waals surface area contributed by atoms with E-state index in [9.17, 15) is 4.79 Å². The second kappa shape index (κ2) is 3.00. The number of fused-ring (bicyclic) bond motifs is 1. The molecule has 1 saturated carbocycles. The van der Waals surface area contributed by atoms with Gasteiger partial charge in [0.15, 0.2) is 0 Å². The zero-order valence-electron chi connectivity index (χ0n) is 8.79. The van der Waals surface area contributed by atoms with E-state index in [1.165, 1.54) is 6.42 Å². The van der Waals surface area contributed by atoms with Crippen LogP contribution in [-0.2, 0) is 4.79 Å². The molecule has 2 nitrogen and oxygen atoms in total. The number of carbonyl (C=O) groups excluding carboxylic acids is 1. The van der Waals surface area contributed by atoms with Crippen LogP contribution in [0.3, 0.4) is 0 Å². The van der Waals surface area contributed by atoms with E-state index in [0.29, 0.717) is 0 Å². The standard InChI is InChI=1S/C11H19NO/c1-7-4-10-5-12(9(3)13)6-11(10)8(7)2/h7-8,10-11H,4-6H2,1-3H3. The van der Waals surface area contributed by atoms with Gasteiger partial charge < -0.3 is 4.90 Å². The van der Waals surface area contributed by atoms with Gasteiger partial charge in [0.1, 0.15) is 0 Å². The largest absolute Gasteiger partial charge is 0.342 e. The van der Waals surface area contributed by atoms with Gasteiger partial charge in [-0.3, -0.25) is 4.79 Å². The van der Waals surface area contributed by atoms with Gasteiger partial charge in [-0.1, -0.05) is 13.8 Å². The van der Waals surface area contributed by atoms with E-state index in [2.05, 4.69) is 13.8 Å². The smallest absolute Gasteiger partial charge is 0.219 e. The van der Waals surface area contributed by atoms with Crippen molar-refractivity contribution in [1.82, 2.24) is 4.90 Å². The number of amides is 1. The summed E-state index contributed by atoms with van der Waals surface area (Å²) in [6, 6.07) is 0. The Bertz CT molecular complexity index is 226. The van der Waals surface area contributed by atoms with Gasteiger partial charge in [0.2, 0.25) is 5.91 Å². The van der Waals surface area contributed by atoms with Crippen LogP contribution in [0.5, 0.6) is 0 Å². The summed E-state index contributed by atoms with van der Waals surface area (Å²) in [4.78, 5) is 13.2. The molecule has 0 spiro atoms. The van der Waals surface area contributed by atoms with E-state index in [4.69, 9.17) is 0 Å². The first kappa shape index (κ1) is 9.04. The molecule has 2 heteroatoms. The molecule has 0 aromatic rings. The molecule has 2 fully saturated rings. The molecule has 0 aromatic carbocycles. The van der Waals surface area contributed by atoms with Crippen LogP contribution < -0.4 is 0 Å². The minimum atomic E-state index is 0.259. The maximum absolute atomic E-state index is 11.2. The maximum atomic E-state index is 11.2. The summed E-state index contributed by atoms with van der Waals surface area (Å²) >= 11 is 0. The molecular weight excluding hydrogens is 162 g/mol. The topological polar surface area (TPSA) is 20.3 Å². The molecule has 4 unspecified atom stereocenters. The third kappa shape index (κ3) is 1.36. The molecule has 2 rings (SSSR count). The summed E-state index contributed by atoms with van der Waals surface area (Å²) in [7, 11) is 0. The van der Waals surface area contributed by atoms with Crippen LogP contribution >= 0.6 is 0 Å². The molecule has 1 saturated heterocycles. The number of nitrogens with zero attached hydrogens (tertiary/aromatic N) is 1. The summed E-state index contributed by atoms with van der Waals surface area (Å²) in [5.41, 5.74) is 0. The molecule has 1 aliphatic heterocycles. The van der Waals surface area contributed by atoms with Crippen LogP contribution in [0.2, 0.25) is 0 Å². The van der Waals surface area contributed by atoms with E-state index in [-0.39, 0.29) is 5.91 Å². The predicted molar refractivity (Wildman–Crippen MR) is 52.2 cm³/mol. The van der Waals surface area contributed by atoms with Gasteiger partial charge in [-0.25, -0.2) is 0 Å². The third-order valence-corrected chi connectivity index (χ3v) is 4.18. The molecular formula is C11H19NO. The van der Waals surface area contributed by atoms with Crippen molar-refractivity contribution in [2.75, 3.05) is 13.1 Å². The molecule has 1 amide bonds. The first-order valence-corrected chi connectivity index (χ1v) is 5.35. The van der Waals surface area contributed by atoms with Crippen molar-refractivity contribution < 1.29 is 4.79 Å². The molecule has 0 N–H and O–H groups in total. The Hall–Kier alpha value is -0.530. The SMILES string of the molecule is CC(=O)N1CC2CC(C)C(C)C2C1. The number of rotatable bonds is 0. The summed E-state index contributed by atoms with van der Waals surface area (Å²) in [6.45, 7) is 8.43. The van der Waals surface area contributed by atoms with Gasteiger partial charge in [-0.05, 0) is 30.1 Å². The van der Waals surface area contributed by atoms with E-state index in [1.54, 1.807) is 6.92 Å². The Morgan fingerprint density at radius 2 is 2.00 bits per heavy atom. The number of hydrogen-bond acceptors (Lipinski definition) is 1. The van der Waals surface area contributed by atoms with Crippen LogP contribution in [0.1, 0.15) is 27.2 Å². The average Bonchev–Trinajstić information content (AvgIpc) is 2.55. The number of carbonyl (C=O) groups is 1. The molecule has 74 valence electrons. The van der Waals surface area contributed by atoms with E-state index >= 15 is 0 Å². The van der Waals surface area contributed by atoms with Gasteiger partial charge in [-0.15, -0.1) is 0 Å². The van der Waals surface area contributed by atoms with Crippen molar-refractivity contribution in [3.05, 3.63) is 0 Å². The van der Waals surface area contributed by atoms with Crippen LogP contribution in [0.15, 0.2) is 0 Å². The van der Waals surface area contributed by atoms with Crippen molar-refractivity contribution >= 4 is 5.91 Å². The Labute approximate surface area is 80.3 Å². The molecule has 2 aliphatic rings. The van der Waals surface area contributed by atoms with Crippen LogP contribution in [0, 0.1) is 23.7 Å². The van der Waals surface area contributed by atoms with Gasteiger partial charge in [-0.2, -0.15) is 0 Å². The first-order valence-electron chi connectivity index (χ1n) is 5.35. The third-order valence-electron chi connectivity index (χ3n) is 4.18. The van der Waals surface area contributed by atoms with E-state index in [1.807, 2.05) is 4.90 Å². The zero-order chi connectivity index (χ0) is 9.59. The molecule has 0 radical (unpaired) electrons. The first-order chi connectivity index (χ1) is 6.09. The van der Waals surface area contributed by atoms with Crippen molar-refractivity contribution in [3.63, 3.8) is 0 Å². The zero-order valence-corrected chi connectivity index (χ0v) is 8.79. The van der Waals surface area contributed by atoms with Crippen LogP contribution in [0.4, 0.5) is 0 Å². The monoisotopic (exact) mass is 181 g/mol. The fourth-order valence-corrected chi connectivity index (χ4v) is 3.11. The summed E-state index contributed by atoms with van der Waals surface area (Å²) in [5, 5.41) is 0. The van der Waals surface area contributed by atoms with Crippen molar-refractivity contribution in [3.8, 4) is 0 Å². The lowest BCUT2D eigenvalue weighted by atomic mass is 9.91. The minimum absolute atomic E-state index is 0.259. The summed E-state index contributed by atoms with van der Waals surface area (Å²) < 4.78 is 0. The Balaban J connectivity index is 2.04. The molecule has 0 aromatic heterocycles. The molecule has 1 aliphatic carbocycles. The van der Waals surface area contributed by atoms with Gasteiger partial charge in [0, 0.05) is 20.0 Å². The minimum Gasteiger partial charge on any atom is -0.342 e. The Morgan fingerprint density at radius 1 is 1.31 bits per heavy atom. The Morgan fingerprint density at radius 3 is 2.54 bits per heavy atom. The molecule has 1 heterocycles. The normalized spacial score (nSPS) is 43.8. The average molecular weight is 181 g/mol. The number of hydrogen-bond donors (Lipinski definition) is 0. The molecule has 4 atom stereocenters. The van der Waals surface area contributed by atoms with Gasteiger partial charge in [0.25, 0.3) is 0 Å². The molecule has 13 heavy (non-hydrogen) atoms. The predicted octanol–water partition coefficient (Wildman–Crippen LogP) is 1.76. The Kier molecular flexibility index (Phi) is 2.09. The number of likely N-dealkylation sites (tertiary alicyclic amines) is 1. The van der Waals surface area contributed by atoms with Crippen molar-refractivity contribution in [1.29, 1.82) is 0 Å². The fraction of sp³-hybridized carbons (Fsp3) is 0.909.